The second kappa shape index (κ2) is 5.29. The molecule has 1 rings (SSSR count). The van der Waals surface area contributed by atoms with E-state index in [1.165, 1.54) is 11.8 Å². The summed E-state index contributed by atoms with van der Waals surface area (Å²) in [6.07, 6.45) is 2.54. The lowest BCUT2D eigenvalue weighted by Crippen LogP contribution is -2.36. The molecule has 1 atom stereocenters. The van der Waals surface area contributed by atoms with Gasteiger partial charge in [0.15, 0.2) is 0 Å². The fraction of sp³-hybridized carbons (Fsp3) is 0.500. The molecule has 0 aromatic carbocycles. The maximum Gasteiger partial charge on any atom is 0.328 e. The minimum atomic E-state index is -1.15. The maximum absolute atomic E-state index is 11.4. The molecule has 0 aliphatic carbocycles. The summed E-state index contributed by atoms with van der Waals surface area (Å²) in [5.41, 5.74) is 0. The Labute approximate surface area is 92.9 Å². The van der Waals surface area contributed by atoms with Gasteiger partial charge in [0.2, 0.25) is 11.8 Å². The fourth-order valence-electron chi connectivity index (χ4n) is 1.61. The van der Waals surface area contributed by atoms with Crippen molar-refractivity contribution in [3.8, 4) is 0 Å². The van der Waals surface area contributed by atoms with Crippen molar-refractivity contribution in [2.75, 3.05) is 13.1 Å². The predicted octanol–water partition coefficient (Wildman–Crippen LogP) is -0.636. The van der Waals surface area contributed by atoms with Gasteiger partial charge in [-0.25, -0.2) is 4.79 Å². The van der Waals surface area contributed by atoms with Crippen LogP contribution in [0.1, 0.15) is 13.3 Å². The third-order valence-electron chi connectivity index (χ3n) is 2.28. The van der Waals surface area contributed by atoms with Gasteiger partial charge in [0.1, 0.15) is 0 Å². The Morgan fingerprint density at radius 1 is 1.38 bits per heavy atom. The van der Waals surface area contributed by atoms with Crippen LogP contribution in [0.2, 0.25) is 0 Å². The quantitative estimate of drug-likeness (QED) is 0.627. The van der Waals surface area contributed by atoms with E-state index in [2.05, 4.69) is 5.32 Å². The van der Waals surface area contributed by atoms with E-state index in [0.717, 1.165) is 12.2 Å². The average molecular weight is 226 g/mol. The Hall–Kier alpha value is -1.85. The molecule has 1 fully saturated rings. The zero-order valence-electron chi connectivity index (χ0n) is 8.97. The SMILES string of the molecule is CC(=O)NC1CCN(C(=O)/C=C/C(=O)O)C1. The minimum absolute atomic E-state index is 0.0281. The van der Waals surface area contributed by atoms with Crippen molar-refractivity contribution in [2.24, 2.45) is 0 Å². The van der Waals surface area contributed by atoms with Crippen molar-refractivity contribution in [1.82, 2.24) is 10.2 Å². The van der Waals surface area contributed by atoms with Crippen LogP contribution < -0.4 is 5.32 Å². The first-order chi connectivity index (χ1) is 7.49. The summed E-state index contributed by atoms with van der Waals surface area (Å²) in [5.74, 6) is -1.61. The number of amides is 2. The van der Waals surface area contributed by atoms with Crippen molar-refractivity contribution in [3.63, 3.8) is 0 Å². The molecule has 0 spiro atoms. The first kappa shape index (κ1) is 12.2. The van der Waals surface area contributed by atoms with Crippen LogP contribution in [0.3, 0.4) is 0 Å². The number of rotatable bonds is 3. The van der Waals surface area contributed by atoms with Crippen LogP contribution in [0.25, 0.3) is 0 Å². The van der Waals surface area contributed by atoms with Gasteiger partial charge in [0, 0.05) is 38.2 Å². The summed E-state index contributed by atoms with van der Waals surface area (Å²) < 4.78 is 0. The van der Waals surface area contributed by atoms with Gasteiger partial charge in [-0.05, 0) is 6.42 Å². The van der Waals surface area contributed by atoms with E-state index in [-0.39, 0.29) is 17.9 Å². The molecule has 16 heavy (non-hydrogen) atoms. The first-order valence-electron chi connectivity index (χ1n) is 4.96. The summed E-state index contributed by atoms with van der Waals surface area (Å²) >= 11 is 0. The normalized spacial score (nSPS) is 20.1. The van der Waals surface area contributed by atoms with Crippen molar-refractivity contribution < 1.29 is 19.5 Å². The molecule has 1 aliphatic heterocycles. The van der Waals surface area contributed by atoms with Crippen LogP contribution >= 0.6 is 0 Å². The third-order valence-corrected chi connectivity index (χ3v) is 2.28. The standard InChI is InChI=1S/C10H14N2O4/c1-7(13)11-8-4-5-12(6-8)9(14)2-3-10(15)16/h2-3,8H,4-6H2,1H3,(H,11,13)(H,15,16)/b3-2+. The van der Waals surface area contributed by atoms with E-state index in [9.17, 15) is 14.4 Å². The average Bonchev–Trinajstić information content (AvgIpc) is 2.61. The molecule has 2 amide bonds. The number of carbonyl (C=O) groups is 3. The van der Waals surface area contributed by atoms with E-state index in [0.29, 0.717) is 19.5 Å². The zero-order valence-corrected chi connectivity index (χ0v) is 8.97. The van der Waals surface area contributed by atoms with Crippen LogP contribution in [0.4, 0.5) is 0 Å². The second-order valence-corrected chi connectivity index (χ2v) is 3.64. The highest BCUT2D eigenvalue weighted by molar-refractivity contribution is 5.94. The molecule has 1 heterocycles. The van der Waals surface area contributed by atoms with Crippen molar-refractivity contribution in [2.45, 2.75) is 19.4 Å². The molecule has 1 aliphatic rings. The smallest absolute Gasteiger partial charge is 0.328 e. The zero-order chi connectivity index (χ0) is 12.1. The Balaban J connectivity index is 2.43. The third kappa shape index (κ3) is 3.72. The number of aliphatic carboxylic acids is 1. The lowest BCUT2D eigenvalue weighted by molar-refractivity contribution is -0.132. The van der Waals surface area contributed by atoms with Crippen molar-refractivity contribution in [1.29, 1.82) is 0 Å². The highest BCUT2D eigenvalue weighted by Gasteiger charge is 2.25. The van der Waals surface area contributed by atoms with Crippen LogP contribution in [-0.2, 0) is 14.4 Å². The molecular formula is C10H14N2O4. The van der Waals surface area contributed by atoms with E-state index < -0.39 is 5.97 Å². The largest absolute Gasteiger partial charge is 0.478 e. The highest BCUT2D eigenvalue weighted by atomic mass is 16.4. The molecule has 2 N–H and O–H groups in total. The van der Waals surface area contributed by atoms with Crippen molar-refractivity contribution >= 4 is 17.8 Å². The van der Waals surface area contributed by atoms with Crippen molar-refractivity contribution in [3.05, 3.63) is 12.2 Å². The second-order valence-electron chi connectivity index (χ2n) is 3.64. The number of hydrogen-bond donors (Lipinski definition) is 2. The summed E-state index contributed by atoms with van der Waals surface area (Å²) in [4.78, 5) is 34.0. The van der Waals surface area contributed by atoms with Gasteiger partial charge in [-0.1, -0.05) is 0 Å². The summed E-state index contributed by atoms with van der Waals surface area (Å²) in [6, 6.07) is -0.0281. The monoisotopic (exact) mass is 226 g/mol. The summed E-state index contributed by atoms with van der Waals surface area (Å²) in [6.45, 7) is 2.39. The predicted molar refractivity (Wildman–Crippen MR) is 55.6 cm³/mol. The van der Waals surface area contributed by atoms with Gasteiger partial charge < -0.3 is 15.3 Å². The number of carboxylic acid groups (broad SMARTS) is 1. The molecule has 0 radical (unpaired) electrons. The van der Waals surface area contributed by atoms with Crippen LogP contribution in [0.15, 0.2) is 12.2 Å². The Bertz CT molecular complexity index is 338. The maximum atomic E-state index is 11.4. The molecule has 0 aromatic heterocycles. The molecule has 0 saturated carbocycles. The number of hydrogen-bond acceptors (Lipinski definition) is 3. The highest BCUT2D eigenvalue weighted by Crippen LogP contribution is 2.09. The van der Waals surface area contributed by atoms with Gasteiger partial charge >= 0.3 is 5.97 Å². The molecule has 1 saturated heterocycles. The van der Waals surface area contributed by atoms with Gasteiger partial charge in [0.25, 0.3) is 0 Å². The van der Waals surface area contributed by atoms with Gasteiger partial charge in [-0.3, -0.25) is 9.59 Å². The van der Waals surface area contributed by atoms with E-state index in [1.807, 2.05) is 0 Å². The molecule has 1 unspecified atom stereocenters. The van der Waals surface area contributed by atoms with Crippen LogP contribution in [0.5, 0.6) is 0 Å². The van der Waals surface area contributed by atoms with Crippen LogP contribution in [-0.4, -0.2) is 46.9 Å². The number of nitrogens with zero attached hydrogens (tertiary/aromatic N) is 1. The molecule has 0 aromatic rings. The minimum Gasteiger partial charge on any atom is -0.478 e. The van der Waals surface area contributed by atoms with Gasteiger partial charge in [-0.2, -0.15) is 0 Å². The van der Waals surface area contributed by atoms with Crippen LogP contribution in [0, 0.1) is 0 Å². The van der Waals surface area contributed by atoms with Gasteiger partial charge in [0.05, 0.1) is 0 Å². The molecule has 88 valence electrons. The fourth-order valence-corrected chi connectivity index (χ4v) is 1.61. The topological polar surface area (TPSA) is 86.7 Å². The number of carbonyl (C=O) groups excluding carboxylic acids is 2. The molecular weight excluding hydrogens is 212 g/mol. The first-order valence-corrected chi connectivity index (χ1v) is 4.96. The lowest BCUT2D eigenvalue weighted by atomic mass is 10.2. The van der Waals surface area contributed by atoms with E-state index >= 15 is 0 Å². The Morgan fingerprint density at radius 2 is 2.06 bits per heavy atom. The lowest BCUT2D eigenvalue weighted by Gasteiger charge is -2.14. The van der Waals surface area contributed by atoms with E-state index in [1.54, 1.807) is 0 Å². The number of nitrogens with one attached hydrogen (secondary N) is 1. The number of likely N-dealkylation sites (tertiary alicyclic amines) is 1. The molecule has 6 heteroatoms. The molecule has 0 bridgehead atoms. The van der Waals surface area contributed by atoms with Gasteiger partial charge in [-0.15, -0.1) is 0 Å². The summed E-state index contributed by atoms with van der Waals surface area (Å²) in [7, 11) is 0. The Kier molecular flexibility index (Phi) is 4.04. The number of carboxylic acids is 1. The molecule has 6 nitrogen and oxygen atoms in total. The Morgan fingerprint density at radius 3 is 2.62 bits per heavy atom. The van der Waals surface area contributed by atoms with E-state index in [4.69, 9.17) is 5.11 Å². The summed E-state index contributed by atoms with van der Waals surface area (Å²) in [5, 5.41) is 11.1.